The van der Waals surface area contributed by atoms with Crippen LogP contribution in [0.15, 0.2) is 11.1 Å². The molecule has 0 amide bonds. The number of nitrogens with zero attached hydrogens (tertiary/aromatic N) is 4. The van der Waals surface area contributed by atoms with Gasteiger partial charge >= 0.3 is 0 Å². The number of halogens is 12. The summed E-state index contributed by atoms with van der Waals surface area (Å²) < 4.78 is 177. The molecule has 1 aliphatic rings. The zero-order valence-corrected chi connectivity index (χ0v) is 22.5. The Morgan fingerprint density at radius 1 is 0.500 bits per heavy atom. The Labute approximate surface area is 249 Å². The quantitative estimate of drug-likeness (QED) is 0.162. The van der Waals surface area contributed by atoms with E-state index in [1.54, 1.807) is 0 Å². The van der Waals surface area contributed by atoms with Crippen LogP contribution in [-0.2, 0) is 0 Å². The van der Waals surface area contributed by atoms with Crippen molar-refractivity contribution in [3.05, 3.63) is 114 Å². The van der Waals surface area contributed by atoms with Gasteiger partial charge in [0, 0.05) is 17.0 Å². The normalized spacial score (nSPS) is 16.6. The molecule has 3 aromatic rings. The third-order valence-electron chi connectivity index (χ3n) is 7.31. The van der Waals surface area contributed by atoms with Gasteiger partial charge in [-0.15, -0.1) is 0 Å². The van der Waals surface area contributed by atoms with Crippen molar-refractivity contribution in [2.45, 2.75) is 19.8 Å². The van der Waals surface area contributed by atoms with E-state index in [1.807, 2.05) is 0 Å². The van der Waals surface area contributed by atoms with Crippen LogP contribution in [0.1, 0.15) is 46.2 Å². The Hall–Kier alpha value is -5.74. The molecule has 0 N–H and O–H groups in total. The summed E-state index contributed by atoms with van der Waals surface area (Å²) in [6.07, 6.45) is 0. The van der Waals surface area contributed by atoms with Crippen molar-refractivity contribution in [3.8, 4) is 24.3 Å². The average molecular weight is 652 g/mol. The minimum absolute atomic E-state index is 0.597. The number of benzene rings is 3. The van der Waals surface area contributed by atoms with Gasteiger partial charge in [-0.2, -0.15) is 21.0 Å². The van der Waals surface area contributed by atoms with Gasteiger partial charge < -0.3 is 0 Å². The van der Waals surface area contributed by atoms with Gasteiger partial charge in [0.1, 0.15) is 35.4 Å². The molecule has 0 spiro atoms. The maximum absolute atomic E-state index is 15.0. The summed E-state index contributed by atoms with van der Waals surface area (Å²) in [6, 6.07) is 3.94. The van der Waals surface area contributed by atoms with E-state index in [4.69, 9.17) is 10.5 Å². The highest BCUT2D eigenvalue weighted by Crippen LogP contribution is 2.60. The van der Waals surface area contributed by atoms with Crippen molar-refractivity contribution in [2.75, 3.05) is 0 Å². The molecule has 0 heterocycles. The molecule has 4 nitrogen and oxygen atoms in total. The molecule has 232 valence electrons. The van der Waals surface area contributed by atoms with E-state index in [-0.39, 0.29) is 0 Å². The Morgan fingerprint density at radius 3 is 1.11 bits per heavy atom. The van der Waals surface area contributed by atoms with Crippen molar-refractivity contribution in [3.63, 3.8) is 0 Å². The molecule has 2 atom stereocenters. The topological polar surface area (TPSA) is 95.2 Å². The monoisotopic (exact) mass is 652 g/mol. The Morgan fingerprint density at radius 2 is 0.804 bits per heavy atom. The van der Waals surface area contributed by atoms with Crippen molar-refractivity contribution in [2.24, 2.45) is 5.92 Å². The molecule has 0 radical (unpaired) electrons. The van der Waals surface area contributed by atoms with Crippen LogP contribution in [0, 0.1) is 128 Å². The van der Waals surface area contributed by atoms with Gasteiger partial charge in [-0.3, -0.25) is 0 Å². The van der Waals surface area contributed by atoms with Crippen molar-refractivity contribution < 1.29 is 52.7 Å². The van der Waals surface area contributed by atoms with Gasteiger partial charge in [0.25, 0.3) is 0 Å². The third-order valence-corrected chi connectivity index (χ3v) is 7.31. The lowest BCUT2D eigenvalue weighted by molar-refractivity contribution is 0.422. The molecule has 4 rings (SSSR count). The van der Waals surface area contributed by atoms with Crippen molar-refractivity contribution in [1.29, 1.82) is 21.0 Å². The van der Waals surface area contributed by atoms with E-state index in [2.05, 4.69) is 0 Å². The zero-order valence-electron chi connectivity index (χ0n) is 22.5. The van der Waals surface area contributed by atoms with Crippen LogP contribution in [0.2, 0.25) is 0 Å². The van der Waals surface area contributed by atoms with E-state index >= 15 is 26.3 Å². The predicted molar refractivity (Wildman–Crippen MR) is 130 cm³/mol. The highest BCUT2D eigenvalue weighted by Gasteiger charge is 2.51. The van der Waals surface area contributed by atoms with E-state index in [0.29, 0.717) is 13.8 Å². The molecular formula is C30H8F12N4. The first-order valence-corrected chi connectivity index (χ1v) is 12.2. The van der Waals surface area contributed by atoms with Crippen molar-refractivity contribution in [1.82, 2.24) is 0 Å². The van der Waals surface area contributed by atoms with Gasteiger partial charge in [-0.25, -0.2) is 52.7 Å². The molecule has 0 aromatic heterocycles. The number of rotatable bonds is 4. The van der Waals surface area contributed by atoms with Gasteiger partial charge in [0.05, 0.1) is 22.3 Å². The molecule has 46 heavy (non-hydrogen) atoms. The van der Waals surface area contributed by atoms with Crippen LogP contribution in [0.3, 0.4) is 0 Å². The fourth-order valence-corrected chi connectivity index (χ4v) is 5.05. The van der Waals surface area contributed by atoms with Gasteiger partial charge in [0.15, 0.2) is 69.8 Å². The molecule has 0 saturated heterocycles. The van der Waals surface area contributed by atoms with Crippen LogP contribution in [0.25, 0.3) is 11.1 Å². The lowest BCUT2D eigenvalue weighted by Crippen LogP contribution is -2.11. The highest BCUT2D eigenvalue weighted by molar-refractivity contribution is 5.98. The largest absolute Gasteiger partial charge is 0.203 e. The summed E-state index contributed by atoms with van der Waals surface area (Å²) in [5.41, 5.74) is -15.1. The number of nitriles is 4. The fraction of sp³-hybridized carbons (Fsp3) is 0.133. The van der Waals surface area contributed by atoms with Crippen LogP contribution >= 0.6 is 0 Å². The minimum Gasteiger partial charge on any atom is -0.203 e. The summed E-state index contributed by atoms with van der Waals surface area (Å²) in [6.45, 7) is 1.31. The predicted octanol–water partition coefficient (Wildman–Crippen LogP) is 8.10. The first-order valence-electron chi connectivity index (χ1n) is 12.2. The molecule has 1 saturated carbocycles. The zero-order chi connectivity index (χ0) is 34.7. The van der Waals surface area contributed by atoms with Gasteiger partial charge in [0.2, 0.25) is 0 Å². The van der Waals surface area contributed by atoms with E-state index in [9.17, 15) is 36.9 Å². The summed E-state index contributed by atoms with van der Waals surface area (Å²) in [4.78, 5) is 0. The molecule has 1 fully saturated rings. The Bertz CT molecular complexity index is 2070. The lowest BCUT2D eigenvalue weighted by Gasteiger charge is -2.15. The lowest BCUT2D eigenvalue weighted by atomic mass is 9.91. The molecule has 0 bridgehead atoms. The third kappa shape index (κ3) is 4.53. The minimum atomic E-state index is -2.40. The second-order valence-corrected chi connectivity index (χ2v) is 9.60. The standard InChI is InChI=1S/C30H8F12N4/c1-7(14-25(37)21(33)11(5-45)22(34)26(14)38)13-15(9(3-43)17-27(39)19(31)8(2)20(32)28(17)40)16(13)10(4-44)18-29(41)23(35)12(6-46)24(36)30(18)42/h7,13H,1-2H3/b15-9+,16-10-. The Kier molecular flexibility index (Phi) is 8.39. The van der Waals surface area contributed by atoms with Gasteiger partial charge in [-0.1, -0.05) is 6.92 Å². The molecule has 3 aromatic carbocycles. The summed E-state index contributed by atoms with van der Waals surface area (Å²) >= 11 is 0. The average Bonchev–Trinajstić information content (AvgIpc) is 3.76. The van der Waals surface area contributed by atoms with E-state index < -0.39 is 137 Å². The summed E-state index contributed by atoms with van der Waals surface area (Å²) in [5.74, 6) is -31.2. The van der Waals surface area contributed by atoms with Gasteiger partial charge in [-0.05, 0) is 24.0 Å². The number of allylic oxidation sites excluding steroid dienone is 4. The molecular weight excluding hydrogens is 644 g/mol. The smallest absolute Gasteiger partial charge is 0.180 e. The molecule has 1 aliphatic carbocycles. The molecule has 2 unspecified atom stereocenters. The van der Waals surface area contributed by atoms with Crippen molar-refractivity contribution >= 4 is 11.1 Å². The summed E-state index contributed by atoms with van der Waals surface area (Å²) in [5, 5.41) is 37.4. The first-order chi connectivity index (χ1) is 21.5. The van der Waals surface area contributed by atoms with Crippen LogP contribution < -0.4 is 0 Å². The fourth-order valence-electron chi connectivity index (χ4n) is 5.05. The summed E-state index contributed by atoms with van der Waals surface area (Å²) in [7, 11) is 0. The Balaban J connectivity index is 2.22. The first kappa shape index (κ1) is 33.2. The maximum Gasteiger partial charge on any atom is 0.180 e. The molecule has 16 heteroatoms. The SMILES string of the molecule is Cc1c(F)c(F)c(/C(C#N)=C2/C(=C(/C#N)c3c(F)c(F)c(C#N)c(F)c3F)C2C(C)c2c(F)c(F)c(C#N)c(F)c2F)c(F)c1F. The highest BCUT2D eigenvalue weighted by atomic mass is 19.2. The van der Waals surface area contributed by atoms with Crippen LogP contribution in [0.4, 0.5) is 52.7 Å². The number of hydrogen-bond donors (Lipinski definition) is 0. The molecule has 0 aliphatic heterocycles. The van der Waals surface area contributed by atoms with E-state index in [1.165, 1.54) is 0 Å². The number of hydrogen-bond acceptors (Lipinski definition) is 4. The van der Waals surface area contributed by atoms with Crippen LogP contribution in [0.5, 0.6) is 0 Å². The van der Waals surface area contributed by atoms with E-state index in [0.717, 1.165) is 24.3 Å². The second kappa shape index (κ2) is 11.6. The second-order valence-electron chi connectivity index (χ2n) is 9.60. The maximum atomic E-state index is 15.0. The van der Waals surface area contributed by atoms with Crippen LogP contribution in [-0.4, -0.2) is 0 Å².